The van der Waals surface area contributed by atoms with E-state index in [1.54, 1.807) is 13.4 Å². The molecule has 2 aromatic carbocycles. The number of aliphatic imine (C=N–C) groups is 1. The number of rotatable bonds is 8. The molecule has 0 radical (unpaired) electrons. The third-order valence-corrected chi connectivity index (χ3v) is 5.90. The van der Waals surface area contributed by atoms with E-state index in [1.165, 1.54) is 11.3 Å². The fraction of sp³-hybridized carbons (Fsp3) is 0.400. The van der Waals surface area contributed by atoms with Gasteiger partial charge in [0, 0.05) is 57.4 Å². The predicted molar refractivity (Wildman–Crippen MR) is 132 cm³/mol. The Kier molecular flexibility index (Phi) is 7.79. The second kappa shape index (κ2) is 11.4. The maximum Gasteiger partial charge on any atom is 0.194 e. The number of ether oxygens (including phenoxy) is 1. The zero-order chi connectivity index (χ0) is 22.9. The molecule has 8 nitrogen and oxygen atoms in total. The molecule has 2 heterocycles. The number of aromatic nitrogens is 3. The molecule has 3 aromatic rings. The van der Waals surface area contributed by atoms with Crippen LogP contribution in [0.15, 0.2) is 65.9 Å². The smallest absolute Gasteiger partial charge is 0.194 e. The summed E-state index contributed by atoms with van der Waals surface area (Å²) in [6.45, 7) is 8.03. The van der Waals surface area contributed by atoms with Crippen molar-refractivity contribution < 1.29 is 4.74 Å². The van der Waals surface area contributed by atoms with Crippen molar-refractivity contribution in [1.82, 2.24) is 25.0 Å². The molecule has 8 heteroatoms. The molecule has 174 valence electrons. The number of hydrogen-bond donors (Lipinski definition) is 1. The zero-order valence-electron chi connectivity index (χ0n) is 19.5. The maximum absolute atomic E-state index is 5.39. The van der Waals surface area contributed by atoms with Gasteiger partial charge in [-0.05, 0) is 17.7 Å². The van der Waals surface area contributed by atoms with Crippen LogP contribution in [0.5, 0.6) is 5.75 Å². The van der Waals surface area contributed by atoms with Gasteiger partial charge in [0.05, 0.1) is 13.7 Å². The second-order valence-electron chi connectivity index (χ2n) is 8.02. The van der Waals surface area contributed by atoms with Crippen LogP contribution in [0.4, 0.5) is 5.69 Å². The summed E-state index contributed by atoms with van der Waals surface area (Å²) in [5, 5.41) is 11.8. The van der Waals surface area contributed by atoms with Gasteiger partial charge in [-0.2, -0.15) is 0 Å². The monoisotopic (exact) mass is 447 g/mol. The van der Waals surface area contributed by atoms with Crippen LogP contribution in [-0.2, 0) is 19.5 Å². The number of methoxy groups -OCH3 is 1. The first-order valence-electron chi connectivity index (χ1n) is 11.6. The first-order chi connectivity index (χ1) is 16.3. The van der Waals surface area contributed by atoms with E-state index in [9.17, 15) is 0 Å². The van der Waals surface area contributed by atoms with Gasteiger partial charge < -0.3 is 24.4 Å². The van der Waals surface area contributed by atoms with Crippen LogP contribution < -0.4 is 15.0 Å². The van der Waals surface area contributed by atoms with Crippen molar-refractivity contribution in [3.05, 3.63) is 72.3 Å². The Labute approximate surface area is 195 Å². The predicted octanol–water partition coefficient (Wildman–Crippen LogP) is 2.82. The molecular formula is C25H33N7O. The molecule has 1 saturated heterocycles. The summed E-state index contributed by atoms with van der Waals surface area (Å²) in [7, 11) is 1.71. The largest absolute Gasteiger partial charge is 0.497 e. The van der Waals surface area contributed by atoms with Gasteiger partial charge in [0.1, 0.15) is 17.9 Å². The SMILES string of the molecule is CCc1nncn1CCNC(=NCc1ccccc1)N1CCN(c2cccc(OC)c2)CC1. The zero-order valence-corrected chi connectivity index (χ0v) is 19.5. The van der Waals surface area contributed by atoms with E-state index in [-0.39, 0.29) is 0 Å². The van der Waals surface area contributed by atoms with Crippen molar-refractivity contribution in [2.75, 3.05) is 44.7 Å². The van der Waals surface area contributed by atoms with Gasteiger partial charge in [-0.3, -0.25) is 0 Å². The van der Waals surface area contributed by atoms with Gasteiger partial charge in [0.25, 0.3) is 0 Å². The Morgan fingerprint density at radius 3 is 2.64 bits per heavy atom. The number of hydrogen-bond acceptors (Lipinski definition) is 5. The standard InChI is InChI=1S/C25H33N7O/c1-3-24-29-28-20-32(24)13-12-26-25(27-19-21-8-5-4-6-9-21)31-16-14-30(15-17-31)22-10-7-11-23(18-22)33-2/h4-11,18,20H,3,12-17,19H2,1-2H3,(H,26,27). The Bertz CT molecular complexity index is 1030. The summed E-state index contributed by atoms with van der Waals surface area (Å²) in [4.78, 5) is 9.71. The minimum Gasteiger partial charge on any atom is -0.497 e. The molecule has 0 saturated carbocycles. The molecule has 0 unspecified atom stereocenters. The van der Waals surface area contributed by atoms with Gasteiger partial charge >= 0.3 is 0 Å². The molecular weight excluding hydrogens is 414 g/mol. The van der Waals surface area contributed by atoms with Gasteiger partial charge in [0.15, 0.2) is 5.96 Å². The maximum atomic E-state index is 5.39. The number of aryl methyl sites for hydroxylation is 1. The highest BCUT2D eigenvalue weighted by Crippen LogP contribution is 2.22. The summed E-state index contributed by atoms with van der Waals surface area (Å²) < 4.78 is 7.49. The molecule has 0 atom stereocenters. The van der Waals surface area contributed by atoms with Crippen molar-refractivity contribution in [1.29, 1.82) is 0 Å². The highest BCUT2D eigenvalue weighted by Gasteiger charge is 2.20. The molecule has 1 aliphatic rings. The van der Waals surface area contributed by atoms with E-state index >= 15 is 0 Å². The average molecular weight is 448 g/mol. The summed E-state index contributed by atoms with van der Waals surface area (Å²) in [6.07, 6.45) is 2.68. The first kappa shape index (κ1) is 22.6. The molecule has 0 spiro atoms. The van der Waals surface area contributed by atoms with Crippen LogP contribution in [0.2, 0.25) is 0 Å². The molecule has 1 N–H and O–H groups in total. The summed E-state index contributed by atoms with van der Waals surface area (Å²) in [5.41, 5.74) is 2.41. The van der Waals surface area contributed by atoms with Crippen LogP contribution in [0.3, 0.4) is 0 Å². The molecule has 0 aliphatic carbocycles. The van der Waals surface area contributed by atoms with Crippen LogP contribution in [-0.4, -0.2) is 65.5 Å². The molecule has 0 bridgehead atoms. The van der Waals surface area contributed by atoms with Crippen LogP contribution >= 0.6 is 0 Å². The summed E-state index contributed by atoms with van der Waals surface area (Å²) in [5.74, 6) is 2.85. The van der Waals surface area contributed by atoms with Gasteiger partial charge in [0.2, 0.25) is 0 Å². The lowest BCUT2D eigenvalue weighted by Crippen LogP contribution is -2.53. The fourth-order valence-corrected chi connectivity index (χ4v) is 4.03. The van der Waals surface area contributed by atoms with Crippen molar-refractivity contribution in [3.8, 4) is 5.75 Å². The van der Waals surface area contributed by atoms with Crippen LogP contribution in [0, 0.1) is 0 Å². The van der Waals surface area contributed by atoms with E-state index in [2.05, 4.69) is 73.2 Å². The molecule has 1 aromatic heterocycles. The second-order valence-corrected chi connectivity index (χ2v) is 8.02. The average Bonchev–Trinajstić information content (AvgIpc) is 3.34. The van der Waals surface area contributed by atoms with Crippen molar-refractivity contribution >= 4 is 11.6 Å². The highest BCUT2D eigenvalue weighted by molar-refractivity contribution is 5.80. The van der Waals surface area contributed by atoms with Gasteiger partial charge in [-0.1, -0.05) is 43.3 Å². The Balaban J connectivity index is 1.40. The third kappa shape index (κ3) is 6.03. The minimum absolute atomic E-state index is 0.659. The van der Waals surface area contributed by atoms with E-state index in [0.29, 0.717) is 6.54 Å². The van der Waals surface area contributed by atoms with Crippen molar-refractivity contribution in [2.24, 2.45) is 4.99 Å². The Morgan fingerprint density at radius 2 is 1.88 bits per heavy atom. The lowest BCUT2D eigenvalue weighted by atomic mass is 10.2. The molecule has 4 rings (SSSR count). The molecule has 1 fully saturated rings. The van der Waals surface area contributed by atoms with E-state index < -0.39 is 0 Å². The molecule has 1 aliphatic heterocycles. The van der Waals surface area contributed by atoms with E-state index in [4.69, 9.17) is 9.73 Å². The van der Waals surface area contributed by atoms with Crippen LogP contribution in [0.1, 0.15) is 18.3 Å². The lowest BCUT2D eigenvalue weighted by molar-refractivity contribution is 0.370. The number of nitrogens with zero attached hydrogens (tertiary/aromatic N) is 6. The normalized spacial score (nSPS) is 14.4. The highest BCUT2D eigenvalue weighted by atomic mass is 16.5. The quantitative estimate of drug-likeness (QED) is 0.423. The van der Waals surface area contributed by atoms with Crippen molar-refractivity contribution in [2.45, 2.75) is 26.4 Å². The van der Waals surface area contributed by atoms with Crippen molar-refractivity contribution in [3.63, 3.8) is 0 Å². The minimum atomic E-state index is 0.659. The molecule has 0 amide bonds. The number of anilines is 1. The Morgan fingerprint density at radius 1 is 1.06 bits per heavy atom. The van der Waals surface area contributed by atoms with E-state index in [0.717, 1.165) is 63.2 Å². The van der Waals surface area contributed by atoms with E-state index in [1.807, 2.05) is 18.2 Å². The number of benzene rings is 2. The van der Waals surface area contributed by atoms with Gasteiger partial charge in [-0.15, -0.1) is 10.2 Å². The fourth-order valence-electron chi connectivity index (χ4n) is 4.03. The topological polar surface area (TPSA) is 70.8 Å². The summed E-state index contributed by atoms with van der Waals surface area (Å²) >= 11 is 0. The first-order valence-corrected chi connectivity index (χ1v) is 11.6. The number of guanidine groups is 1. The number of piperazine rings is 1. The molecule has 33 heavy (non-hydrogen) atoms. The third-order valence-electron chi connectivity index (χ3n) is 5.90. The summed E-state index contributed by atoms with van der Waals surface area (Å²) in [6, 6.07) is 18.7. The number of nitrogens with one attached hydrogen (secondary N) is 1. The Hall–Kier alpha value is -3.55. The lowest BCUT2D eigenvalue weighted by Gasteiger charge is -2.38. The van der Waals surface area contributed by atoms with Crippen LogP contribution in [0.25, 0.3) is 0 Å². The van der Waals surface area contributed by atoms with Gasteiger partial charge in [-0.25, -0.2) is 4.99 Å².